The highest BCUT2D eigenvalue weighted by atomic mass is 16.5. The van der Waals surface area contributed by atoms with Crippen LogP contribution in [0.15, 0.2) is 72.8 Å². The van der Waals surface area contributed by atoms with E-state index in [1.807, 2.05) is 24.3 Å². The zero-order valence-corrected chi connectivity index (χ0v) is 30.1. The third-order valence-corrected chi connectivity index (χ3v) is 8.16. The van der Waals surface area contributed by atoms with Crippen molar-refractivity contribution in [3.05, 3.63) is 72.8 Å². The van der Waals surface area contributed by atoms with Gasteiger partial charge in [0.2, 0.25) is 0 Å². The van der Waals surface area contributed by atoms with Crippen molar-refractivity contribution in [3.8, 4) is 51.4 Å². The van der Waals surface area contributed by atoms with Crippen LogP contribution in [0.5, 0.6) is 17.2 Å². The van der Waals surface area contributed by atoms with E-state index >= 15 is 0 Å². The Morgan fingerprint density at radius 3 is 1.33 bits per heavy atom. The molecule has 1 aromatic heterocycles. The van der Waals surface area contributed by atoms with E-state index in [1.165, 1.54) is 51.4 Å². The molecule has 0 saturated carbocycles. The van der Waals surface area contributed by atoms with Crippen molar-refractivity contribution in [2.45, 2.75) is 79.1 Å². The number of hydrogen-bond donors (Lipinski definition) is 2. The Morgan fingerprint density at radius 1 is 0.562 bits per heavy atom. The van der Waals surface area contributed by atoms with Crippen LogP contribution in [0.2, 0.25) is 0 Å². The van der Waals surface area contributed by atoms with Crippen LogP contribution in [-0.4, -0.2) is 59.7 Å². The van der Waals surface area contributed by atoms with Gasteiger partial charge in [0.15, 0.2) is 17.5 Å². The molecule has 0 aliphatic heterocycles. The lowest BCUT2D eigenvalue weighted by atomic mass is 10.0. The third kappa shape index (κ3) is 13.6. The van der Waals surface area contributed by atoms with Gasteiger partial charge in [0.25, 0.3) is 0 Å². The molecule has 0 saturated heterocycles. The first-order chi connectivity index (χ1) is 23.3. The second kappa shape index (κ2) is 23.3. The first kappa shape index (κ1) is 40.2. The van der Waals surface area contributed by atoms with Gasteiger partial charge in [-0.1, -0.05) is 90.5 Å². The van der Waals surface area contributed by atoms with Crippen LogP contribution < -0.4 is 4.74 Å². The number of para-hydroxylation sites is 2. The van der Waals surface area contributed by atoms with E-state index in [0.29, 0.717) is 28.6 Å². The van der Waals surface area contributed by atoms with Gasteiger partial charge in [-0.2, -0.15) is 0 Å². The Kier molecular flexibility index (Phi) is 19.5. The van der Waals surface area contributed by atoms with E-state index < -0.39 is 0 Å². The molecule has 3 aromatic carbocycles. The summed E-state index contributed by atoms with van der Waals surface area (Å²) in [5.74, 6) is 3.51. The number of benzene rings is 3. The molecule has 48 heavy (non-hydrogen) atoms. The number of methoxy groups -OCH3 is 3. The maximum atomic E-state index is 10.2. The second-order valence-corrected chi connectivity index (χ2v) is 11.8. The minimum Gasteiger partial charge on any atom is -0.507 e. The summed E-state index contributed by atoms with van der Waals surface area (Å²) in [6.45, 7) is 10.8. The van der Waals surface area contributed by atoms with Crippen LogP contribution >= 0.6 is 0 Å². The van der Waals surface area contributed by atoms with Crippen LogP contribution in [0, 0.1) is 11.8 Å². The first-order valence-electron chi connectivity index (χ1n) is 17.3. The fraction of sp³-hybridized carbons (Fsp3) is 0.475. The summed E-state index contributed by atoms with van der Waals surface area (Å²) in [4.78, 5) is 13.6. The van der Waals surface area contributed by atoms with Crippen LogP contribution in [-0.2, 0) is 9.47 Å². The van der Waals surface area contributed by atoms with E-state index in [2.05, 4.69) is 42.6 Å². The second-order valence-electron chi connectivity index (χ2n) is 11.8. The van der Waals surface area contributed by atoms with Crippen molar-refractivity contribution in [3.63, 3.8) is 0 Å². The summed E-state index contributed by atoms with van der Waals surface area (Å²) in [6.07, 6.45) is 10.5. The Bertz CT molecular complexity index is 1350. The normalized spacial score (nSPS) is 11.8. The van der Waals surface area contributed by atoms with E-state index in [4.69, 9.17) is 14.2 Å². The Morgan fingerprint density at radius 2 is 0.979 bits per heavy atom. The number of rotatable bonds is 16. The van der Waals surface area contributed by atoms with E-state index in [-0.39, 0.29) is 11.5 Å². The van der Waals surface area contributed by atoms with Gasteiger partial charge in [0.05, 0.1) is 18.2 Å². The number of ether oxygens (including phenoxy) is 3. The van der Waals surface area contributed by atoms with Crippen LogP contribution in [0.3, 0.4) is 0 Å². The van der Waals surface area contributed by atoms with Crippen LogP contribution in [0.1, 0.15) is 79.1 Å². The van der Waals surface area contributed by atoms with Crippen molar-refractivity contribution in [2.24, 2.45) is 11.8 Å². The molecule has 2 unspecified atom stereocenters. The smallest absolute Gasteiger partial charge is 0.167 e. The van der Waals surface area contributed by atoms with Gasteiger partial charge in [-0.05, 0) is 73.2 Å². The molecule has 262 valence electrons. The molecular formula is C40H57N3O5. The summed E-state index contributed by atoms with van der Waals surface area (Å²) in [6, 6.07) is 21.0. The number of nitrogens with zero attached hydrogens (tertiary/aromatic N) is 3. The molecule has 0 fully saturated rings. The predicted octanol–water partition coefficient (Wildman–Crippen LogP) is 9.99. The number of phenolic OH excluding ortho intramolecular Hbond substituents is 2. The van der Waals surface area contributed by atoms with Gasteiger partial charge < -0.3 is 24.4 Å². The predicted molar refractivity (Wildman–Crippen MR) is 196 cm³/mol. The standard InChI is InChI=1S/C22H17N3O3.2C9H20O/c1-28-15-12-10-14(11-13-15)20-23-21(16-6-2-4-8-18(16)26)25-22(24-20)17-7-3-5-9-19(17)27;2*1-4-6-7-9(5-2)8-10-3/h2-13,26-27H,1H3;2*9H,4-8H2,1-3H3. The summed E-state index contributed by atoms with van der Waals surface area (Å²) in [7, 11) is 5.17. The fourth-order valence-electron chi connectivity index (χ4n) is 5.08. The van der Waals surface area contributed by atoms with Crippen molar-refractivity contribution in [1.29, 1.82) is 0 Å². The maximum absolute atomic E-state index is 10.2. The number of aromatic nitrogens is 3. The van der Waals surface area contributed by atoms with Gasteiger partial charge in [-0.25, -0.2) is 15.0 Å². The molecule has 0 aliphatic rings. The average molecular weight is 660 g/mol. The highest BCUT2D eigenvalue weighted by Gasteiger charge is 2.16. The topological polar surface area (TPSA) is 107 Å². The summed E-state index contributed by atoms with van der Waals surface area (Å²) in [5.41, 5.74) is 1.73. The lowest BCUT2D eigenvalue weighted by molar-refractivity contribution is 0.144. The quantitative estimate of drug-likeness (QED) is 0.122. The minimum absolute atomic E-state index is 0.0672. The monoisotopic (exact) mass is 659 g/mol. The van der Waals surface area contributed by atoms with E-state index in [0.717, 1.165) is 36.4 Å². The summed E-state index contributed by atoms with van der Waals surface area (Å²) in [5, 5.41) is 20.5. The molecular weight excluding hydrogens is 602 g/mol. The zero-order chi connectivity index (χ0) is 35.1. The molecule has 1 heterocycles. The highest BCUT2D eigenvalue weighted by Crippen LogP contribution is 2.32. The lowest BCUT2D eigenvalue weighted by Gasteiger charge is -2.11. The molecule has 0 aliphatic carbocycles. The molecule has 0 spiro atoms. The molecule has 8 heteroatoms. The molecule has 2 atom stereocenters. The van der Waals surface area contributed by atoms with E-state index in [1.54, 1.807) is 69.9 Å². The zero-order valence-electron chi connectivity index (χ0n) is 30.1. The van der Waals surface area contributed by atoms with Gasteiger partial charge in [-0.15, -0.1) is 0 Å². The highest BCUT2D eigenvalue weighted by molar-refractivity contribution is 5.71. The number of phenols is 2. The minimum atomic E-state index is 0.0672. The summed E-state index contributed by atoms with van der Waals surface area (Å²) < 4.78 is 15.4. The van der Waals surface area contributed by atoms with Crippen molar-refractivity contribution in [2.75, 3.05) is 34.5 Å². The third-order valence-electron chi connectivity index (χ3n) is 8.16. The largest absolute Gasteiger partial charge is 0.507 e. The molecule has 8 nitrogen and oxygen atoms in total. The van der Waals surface area contributed by atoms with Crippen molar-refractivity contribution < 1.29 is 24.4 Å². The molecule has 4 aromatic rings. The van der Waals surface area contributed by atoms with Gasteiger partial charge in [-0.3, -0.25) is 0 Å². The SMILES string of the molecule is CCCCC(CC)COC.CCCCC(CC)COC.COc1ccc(-c2nc(-c3ccccc3O)nc(-c3ccccc3O)n2)cc1. The number of aromatic hydroxyl groups is 2. The maximum Gasteiger partial charge on any atom is 0.167 e. The Labute approximate surface area is 288 Å². The summed E-state index contributed by atoms with van der Waals surface area (Å²) >= 11 is 0. The fourth-order valence-corrected chi connectivity index (χ4v) is 5.08. The van der Waals surface area contributed by atoms with Gasteiger partial charge >= 0.3 is 0 Å². The van der Waals surface area contributed by atoms with Crippen molar-refractivity contribution >= 4 is 0 Å². The van der Waals surface area contributed by atoms with Crippen LogP contribution in [0.25, 0.3) is 34.2 Å². The molecule has 0 amide bonds. The number of unbranched alkanes of at least 4 members (excludes halogenated alkanes) is 2. The van der Waals surface area contributed by atoms with Gasteiger partial charge in [0.1, 0.15) is 17.2 Å². The molecule has 0 radical (unpaired) electrons. The van der Waals surface area contributed by atoms with Crippen LogP contribution in [0.4, 0.5) is 0 Å². The number of hydrogen-bond acceptors (Lipinski definition) is 8. The molecule has 4 rings (SSSR count). The molecule has 0 bridgehead atoms. The lowest BCUT2D eigenvalue weighted by Crippen LogP contribution is -2.06. The van der Waals surface area contributed by atoms with Crippen molar-refractivity contribution in [1.82, 2.24) is 15.0 Å². The Hall–Kier alpha value is -4.01. The average Bonchev–Trinajstić information content (AvgIpc) is 3.12. The van der Waals surface area contributed by atoms with E-state index in [9.17, 15) is 10.2 Å². The molecule has 2 N–H and O–H groups in total. The van der Waals surface area contributed by atoms with Gasteiger partial charge in [0, 0.05) is 33.0 Å². The first-order valence-corrected chi connectivity index (χ1v) is 17.3. The Balaban J connectivity index is 0.000000331.